The Labute approximate surface area is 111 Å². The lowest BCUT2D eigenvalue weighted by molar-refractivity contribution is 0.102. The molecule has 98 valence electrons. The first-order valence-corrected chi connectivity index (χ1v) is 5.94. The average Bonchev–Trinajstić information content (AvgIpc) is 2.47. The number of hydrogen-bond donors (Lipinski definition) is 3. The topological polar surface area (TPSA) is 69.6 Å². The first-order valence-electron chi connectivity index (χ1n) is 5.94. The maximum Gasteiger partial charge on any atom is 0.255 e. The summed E-state index contributed by atoms with van der Waals surface area (Å²) in [4.78, 5) is 12.0. The number of carbonyl (C=O) groups excluding carboxylic acids is 1. The first kappa shape index (κ1) is 13.3. The Morgan fingerprint density at radius 3 is 2.26 bits per heavy atom. The van der Waals surface area contributed by atoms with Crippen LogP contribution in [0, 0.1) is 0 Å². The number of aliphatic hydroxyl groups is 2. The Kier molecular flexibility index (Phi) is 4.28. The summed E-state index contributed by atoms with van der Waals surface area (Å²) >= 11 is 0. The second kappa shape index (κ2) is 6.13. The molecule has 2 rings (SSSR count). The Hall–Kier alpha value is -2.17. The van der Waals surface area contributed by atoms with E-state index in [0.29, 0.717) is 11.3 Å². The molecule has 0 spiro atoms. The van der Waals surface area contributed by atoms with Gasteiger partial charge in [0.15, 0.2) is 0 Å². The molecular weight excluding hydrogens is 242 g/mol. The molecule has 19 heavy (non-hydrogen) atoms. The SMILES string of the molecule is O=C(Nc1cccc(CO)c1)c1ccc(CO)cc1. The van der Waals surface area contributed by atoms with Gasteiger partial charge < -0.3 is 15.5 Å². The predicted molar refractivity (Wildman–Crippen MR) is 72.7 cm³/mol. The molecule has 1 amide bonds. The molecule has 0 saturated carbocycles. The summed E-state index contributed by atoms with van der Waals surface area (Å²) in [5, 5.41) is 20.7. The number of benzene rings is 2. The largest absolute Gasteiger partial charge is 0.392 e. The van der Waals surface area contributed by atoms with Gasteiger partial charge in [0, 0.05) is 11.3 Å². The zero-order valence-electron chi connectivity index (χ0n) is 10.3. The van der Waals surface area contributed by atoms with E-state index in [-0.39, 0.29) is 19.1 Å². The van der Waals surface area contributed by atoms with Crippen LogP contribution in [-0.4, -0.2) is 16.1 Å². The highest BCUT2D eigenvalue weighted by Crippen LogP contribution is 2.13. The van der Waals surface area contributed by atoms with E-state index < -0.39 is 0 Å². The molecule has 3 N–H and O–H groups in total. The Balaban J connectivity index is 2.11. The summed E-state index contributed by atoms with van der Waals surface area (Å²) in [6.45, 7) is -0.102. The van der Waals surface area contributed by atoms with Crippen LogP contribution in [0.25, 0.3) is 0 Å². The third-order valence-corrected chi connectivity index (χ3v) is 2.77. The van der Waals surface area contributed by atoms with Crippen LogP contribution in [0.15, 0.2) is 48.5 Å². The second-order valence-electron chi connectivity index (χ2n) is 4.17. The number of aliphatic hydroxyl groups excluding tert-OH is 2. The van der Waals surface area contributed by atoms with Crippen molar-refractivity contribution in [2.75, 3.05) is 5.32 Å². The van der Waals surface area contributed by atoms with E-state index in [1.165, 1.54) is 0 Å². The van der Waals surface area contributed by atoms with Crippen LogP contribution in [0.4, 0.5) is 5.69 Å². The van der Waals surface area contributed by atoms with Gasteiger partial charge in [-0.2, -0.15) is 0 Å². The Morgan fingerprint density at radius 1 is 0.947 bits per heavy atom. The molecule has 0 aliphatic heterocycles. The lowest BCUT2D eigenvalue weighted by Crippen LogP contribution is -2.12. The van der Waals surface area contributed by atoms with E-state index in [1.54, 1.807) is 48.5 Å². The van der Waals surface area contributed by atoms with E-state index in [2.05, 4.69) is 5.32 Å². The fraction of sp³-hybridized carbons (Fsp3) is 0.133. The minimum atomic E-state index is -0.223. The fourth-order valence-corrected chi connectivity index (χ4v) is 1.71. The Bertz CT molecular complexity index is 564. The quantitative estimate of drug-likeness (QED) is 0.783. The summed E-state index contributed by atoms with van der Waals surface area (Å²) in [6, 6.07) is 13.8. The van der Waals surface area contributed by atoms with Gasteiger partial charge >= 0.3 is 0 Å². The van der Waals surface area contributed by atoms with Crippen LogP contribution in [0.2, 0.25) is 0 Å². The smallest absolute Gasteiger partial charge is 0.255 e. The van der Waals surface area contributed by atoms with Gasteiger partial charge in [0.25, 0.3) is 5.91 Å². The van der Waals surface area contributed by atoms with E-state index in [4.69, 9.17) is 10.2 Å². The molecule has 4 heteroatoms. The average molecular weight is 257 g/mol. The van der Waals surface area contributed by atoms with Crippen molar-refractivity contribution in [2.24, 2.45) is 0 Å². The van der Waals surface area contributed by atoms with Crippen molar-refractivity contribution >= 4 is 11.6 Å². The van der Waals surface area contributed by atoms with Crippen LogP contribution in [0.3, 0.4) is 0 Å². The molecule has 0 radical (unpaired) electrons. The highest BCUT2D eigenvalue weighted by atomic mass is 16.3. The van der Waals surface area contributed by atoms with Crippen LogP contribution < -0.4 is 5.32 Å². The van der Waals surface area contributed by atoms with E-state index >= 15 is 0 Å². The second-order valence-corrected chi connectivity index (χ2v) is 4.17. The van der Waals surface area contributed by atoms with Crippen molar-refractivity contribution in [1.29, 1.82) is 0 Å². The van der Waals surface area contributed by atoms with Crippen molar-refractivity contribution in [3.63, 3.8) is 0 Å². The fourth-order valence-electron chi connectivity index (χ4n) is 1.71. The van der Waals surface area contributed by atoms with E-state index in [1.807, 2.05) is 0 Å². The van der Waals surface area contributed by atoms with Gasteiger partial charge in [0.2, 0.25) is 0 Å². The molecule has 0 heterocycles. The summed E-state index contributed by atoms with van der Waals surface area (Å²) in [6.07, 6.45) is 0. The van der Waals surface area contributed by atoms with Gasteiger partial charge in [-0.15, -0.1) is 0 Å². The first-order chi connectivity index (χ1) is 9.22. The molecule has 0 bridgehead atoms. The van der Waals surface area contributed by atoms with Crippen LogP contribution >= 0.6 is 0 Å². The van der Waals surface area contributed by atoms with Crippen LogP contribution in [0.1, 0.15) is 21.5 Å². The van der Waals surface area contributed by atoms with E-state index in [0.717, 1.165) is 11.1 Å². The summed E-state index contributed by atoms with van der Waals surface area (Å²) in [5.74, 6) is -0.223. The van der Waals surface area contributed by atoms with Crippen molar-refractivity contribution in [2.45, 2.75) is 13.2 Å². The summed E-state index contributed by atoms with van der Waals surface area (Å²) < 4.78 is 0. The minimum absolute atomic E-state index is 0.0412. The van der Waals surface area contributed by atoms with Gasteiger partial charge in [-0.3, -0.25) is 4.79 Å². The highest BCUT2D eigenvalue weighted by Gasteiger charge is 2.06. The maximum atomic E-state index is 12.0. The van der Waals surface area contributed by atoms with Gasteiger partial charge in [0.1, 0.15) is 0 Å². The lowest BCUT2D eigenvalue weighted by atomic mass is 10.1. The van der Waals surface area contributed by atoms with E-state index in [9.17, 15) is 4.79 Å². The minimum Gasteiger partial charge on any atom is -0.392 e. The van der Waals surface area contributed by atoms with Gasteiger partial charge in [-0.1, -0.05) is 24.3 Å². The molecule has 2 aromatic rings. The zero-order chi connectivity index (χ0) is 13.7. The molecule has 0 aromatic heterocycles. The number of nitrogens with one attached hydrogen (secondary N) is 1. The monoisotopic (exact) mass is 257 g/mol. The summed E-state index contributed by atoms with van der Waals surface area (Å²) in [7, 11) is 0. The van der Waals surface area contributed by atoms with Gasteiger partial charge in [0.05, 0.1) is 13.2 Å². The predicted octanol–water partition coefficient (Wildman–Crippen LogP) is 1.92. The van der Waals surface area contributed by atoms with Crippen molar-refractivity contribution in [3.05, 3.63) is 65.2 Å². The molecule has 0 saturated heterocycles. The molecule has 2 aromatic carbocycles. The molecule has 0 atom stereocenters. The van der Waals surface area contributed by atoms with Crippen molar-refractivity contribution < 1.29 is 15.0 Å². The standard InChI is InChI=1S/C15H15NO3/c17-9-11-4-6-13(7-5-11)15(19)16-14-3-1-2-12(8-14)10-18/h1-8,17-18H,9-10H2,(H,16,19). The van der Waals surface area contributed by atoms with Crippen molar-refractivity contribution in [3.8, 4) is 0 Å². The number of anilines is 1. The molecule has 4 nitrogen and oxygen atoms in total. The molecule has 0 fully saturated rings. The third-order valence-electron chi connectivity index (χ3n) is 2.77. The molecule has 0 unspecified atom stereocenters. The van der Waals surface area contributed by atoms with Crippen molar-refractivity contribution in [1.82, 2.24) is 0 Å². The maximum absolute atomic E-state index is 12.0. The normalized spacial score (nSPS) is 10.2. The number of amides is 1. The number of hydrogen-bond acceptors (Lipinski definition) is 3. The van der Waals surface area contributed by atoms with Crippen LogP contribution in [-0.2, 0) is 13.2 Å². The molecular formula is C15H15NO3. The molecule has 0 aliphatic rings. The Morgan fingerprint density at radius 2 is 1.63 bits per heavy atom. The molecule has 0 aliphatic carbocycles. The number of carbonyl (C=O) groups is 1. The van der Waals surface area contributed by atoms with Gasteiger partial charge in [-0.25, -0.2) is 0 Å². The summed E-state index contributed by atoms with van der Waals surface area (Å²) in [5.41, 5.74) is 2.67. The third kappa shape index (κ3) is 3.40. The number of rotatable bonds is 4. The van der Waals surface area contributed by atoms with Gasteiger partial charge in [-0.05, 0) is 35.4 Å². The highest BCUT2D eigenvalue weighted by molar-refractivity contribution is 6.04. The lowest BCUT2D eigenvalue weighted by Gasteiger charge is -2.07. The van der Waals surface area contributed by atoms with Crippen LogP contribution in [0.5, 0.6) is 0 Å². The zero-order valence-corrected chi connectivity index (χ0v) is 10.3.